The van der Waals surface area contributed by atoms with E-state index >= 15 is 0 Å². The molecule has 0 unspecified atom stereocenters. The maximum Gasteiger partial charge on any atom is 0.342 e. The summed E-state index contributed by atoms with van der Waals surface area (Å²) < 4.78 is 42.6. The average molecular weight is 206 g/mol. The summed E-state index contributed by atoms with van der Waals surface area (Å²) >= 11 is 0. The Kier molecular flexibility index (Phi) is 2.64. The number of methoxy groups -OCH3 is 1. The van der Waals surface area contributed by atoms with Gasteiger partial charge in [-0.2, -0.15) is 0 Å². The molecular formula is C8H5F3O3. The van der Waals surface area contributed by atoms with Gasteiger partial charge in [0.2, 0.25) is 0 Å². The van der Waals surface area contributed by atoms with E-state index < -0.39 is 34.7 Å². The highest BCUT2D eigenvalue weighted by Crippen LogP contribution is 2.27. The highest BCUT2D eigenvalue weighted by atomic mass is 19.2. The zero-order valence-corrected chi connectivity index (χ0v) is 6.97. The van der Waals surface area contributed by atoms with Crippen LogP contribution < -0.4 is 4.74 Å². The number of carboxylic acids is 1. The van der Waals surface area contributed by atoms with Crippen LogP contribution in [0, 0.1) is 17.5 Å². The van der Waals surface area contributed by atoms with Crippen LogP contribution in [-0.2, 0) is 0 Å². The fourth-order valence-electron chi connectivity index (χ4n) is 0.969. The van der Waals surface area contributed by atoms with Crippen LogP contribution in [0.3, 0.4) is 0 Å². The number of carboxylic acid groups (broad SMARTS) is 1. The molecule has 0 radical (unpaired) electrons. The van der Waals surface area contributed by atoms with Crippen molar-refractivity contribution in [3.63, 3.8) is 0 Å². The molecule has 0 spiro atoms. The first-order valence-electron chi connectivity index (χ1n) is 3.43. The van der Waals surface area contributed by atoms with Crippen LogP contribution in [0.2, 0.25) is 0 Å². The molecule has 0 atom stereocenters. The molecule has 0 aliphatic heterocycles. The first-order valence-corrected chi connectivity index (χ1v) is 3.43. The molecule has 1 aromatic carbocycles. The molecule has 1 aromatic rings. The third kappa shape index (κ3) is 1.50. The van der Waals surface area contributed by atoms with E-state index in [1.165, 1.54) is 0 Å². The molecule has 0 saturated heterocycles. The van der Waals surface area contributed by atoms with E-state index in [9.17, 15) is 18.0 Å². The van der Waals surface area contributed by atoms with Gasteiger partial charge in [0.25, 0.3) is 0 Å². The molecule has 0 bridgehead atoms. The average Bonchev–Trinajstić information content (AvgIpc) is 2.10. The van der Waals surface area contributed by atoms with Gasteiger partial charge in [-0.1, -0.05) is 0 Å². The summed E-state index contributed by atoms with van der Waals surface area (Å²) in [6.07, 6.45) is 0. The molecule has 0 fully saturated rings. The number of halogens is 3. The van der Waals surface area contributed by atoms with Crippen molar-refractivity contribution in [2.24, 2.45) is 0 Å². The van der Waals surface area contributed by atoms with Crippen LogP contribution in [-0.4, -0.2) is 18.2 Å². The minimum Gasteiger partial charge on any atom is -0.493 e. The Morgan fingerprint density at radius 2 is 1.93 bits per heavy atom. The molecule has 0 heterocycles. The maximum atomic E-state index is 12.9. The predicted molar refractivity (Wildman–Crippen MR) is 39.8 cm³/mol. The van der Waals surface area contributed by atoms with Crippen LogP contribution >= 0.6 is 0 Å². The van der Waals surface area contributed by atoms with Gasteiger partial charge < -0.3 is 9.84 Å². The number of aromatic carboxylic acids is 1. The number of hydrogen-bond acceptors (Lipinski definition) is 2. The second kappa shape index (κ2) is 3.57. The Morgan fingerprint density at radius 3 is 2.36 bits per heavy atom. The maximum absolute atomic E-state index is 12.9. The van der Waals surface area contributed by atoms with Crippen LogP contribution in [0.25, 0.3) is 0 Å². The van der Waals surface area contributed by atoms with Crippen molar-refractivity contribution in [3.8, 4) is 5.75 Å². The third-order valence-corrected chi connectivity index (χ3v) is 1.54. The van der Waals surface area contributed by atoms with Crippen LogP contribution in [0.5, 0.6) is 5.75 Å². The van der Waals surface area contributed by atoms with Gasteiger partial charge in [-0.15, -0.1) is 0 Å². The van der Waals surface area contributed by atoms with E-state index in [-0.39, 0.29) is 6.07 Å². The van der Waals surface area contributed by atoms with Crippen LogP contribution in [0.15, 0.2) is 6.07 Å². The van der Waals surface area contributed by atoms with Crippen LogP contribution in [0.4, 0.5) is 13.2 Å². The van der Waals surface area contributed by atoms with Gasteiger partial charge in [0.1, 0.15) is 5.56 Å². The Labute approximate surface area is 76.7 Å². The fourth-order valence-corrected chi connectivity index (χ4v) is 0.969. The largest absolute Gasteiger partial charge is 0.493 e. The molecular weight excluding hydrogens is 201 g/mol. The number of carbonyl (C=O) groups is 1. The van der Waals surface area contributed by atoms with Gasteiger partial charge in [-0.3, -0.25) is 0 Å². The predicted octanol–water partition coefficient (Wildman–Crippen LogP) is 1.81. The smallest absolute Gasteiger partial charge is 0.342 e. The standard InChI is InChI=1S/C8H5F3O3/c1-14-7-4(10)2-3(9)6(11)5(7)8(12)13/h2H,1H3,(H,12,13). The number of ether oxygens (including phenoxy) is 1. The summed E-state index contributed by atoms with van der Waals surface area (Å²) in [6, 6.07) is 0.223. The summed E-state index contributed by atoms with van der Waals surface area (Å²) in [5, 5.41) is 8.47. The second-order valence-electron chi connectivity index (χ2n) is 2.37. The molecule has 76 valence electrons. The van der Waals surface area contributed by atoms with Gasteiger partial charge in [0, 0.05) is 6.07 Å². The lowest BCUT2D eigenvalue weighted by molar-refractivity contribution is 0.0685. The Hall–Kier alpha value is -1.72. The molecule has 14 heavy (non-hydrogen) atoms. The summed E-state index contributed by atoms with van der Waals surface area (Å²) in [6.45, 7) is 0. The molecule has 0 aromatic heterocycles. The normalized spacial score (nSPS) is 10.0. The van der Waals surface area contributed by atoms with Crippen LogP contribution in [0.1, 0.15) is 10.4 Å². The lowest BCUT2D eigenvalue weighted by Gasteiger charge is -2.07. The molecule has 0 aliphatic carbocycles. The minimum atomic E-state index is -1.79. The lowest BCUT2D eigenvalue weighted by Crippen LogP contribution is -2.08. The van der Waals surface area contributed by atoms with E-state index in [0.717, 1.165) is 7.11 Å². The van der Waals surface area contributed by atoms with Crippen molar-refractivity contribution in [1.29, 1.82) is 0 Å². The van der Waals surface area contributed by atoms with Crippen molar-refractivity contribution in [3.05, 3.63) is 29.1 Å². The minimum absolute atomic E-state index is 0.223. The zero-order valence-electron chi connectivity index (χ0n) is 6.97. The van der Waals surface area contributed by atoms with E-state index in [0.29, 0.717) is 0 Å². The molecule has 1 N–H and O–H groups in total. The highest BCUT2D eigenvalue weighted by Gasteiger charge is 2.24. The van der Waals surface area contributed by atoms with E-state index in [2.05, 4.69) is 4.74 Å². The zero-order chi connectivity index (χ0) is 10.9. The first kappa shape index (κ1) is 10.4. The van der Waals surface area contributed by atoms with E-state index in [1.54, 1.807) is 0 Å². The lowest BCUT2D eigenvalue weighted by atomic mass is 10.1. The van der Waals surface area contributed by atoms with Crippen molar-refractivity contribution in [2.75, 3.05) is 7.11 Å². The summed E-state index contributed by atoms with van der Waals surface area (Å²) in [5.74, 6) is -7.09. The monoisotopic (exact) mass is 206 g/mol. The Balaban J connectivity index is 3.56. The SMILES string of the molecule is COc1c(F)cc(F)c(F)c1C(=O)O. The van der Waals surface area contributed by atoms with Gasteiger partial charge >= 0.3 is 5.97 Å². The topological polar surface area (TPSA) is 46.5 Å². The van der Waals surface area contributed by atoms with Crippen molar-refractivity contribution in [1.82, 2.24) is 0 Å². The molecule has 0 saturated carbocycles. The molecule has 1 rings (SSSR count). The molecule has 0 amide bonds. The number of rotatable bonds is 2. The quantitative estimate of drug-likeness (QED) is 0.750. The van der Waals surface area contributed by atoms with Crippen molar-refractivity contribution in [2.45, 2.75) is 0 Å². The van der Waals surface area contributed by atoms with Crippen molar-refractivity contribution >= 4 is 5.97 Å². The van der Waals surface area contributed by atoms with Crippen molar-refractivity contribution < 1.29 is 27.8 Å². The number of hydrogen-bond donors (Lipinski definition) is 1. The molecule has 3 nitrogen and oxygen atoms in total. The highest BCUT2D eigenvalue weighted by molar-refractivity contribution is 5.91. The first-order chi connectivity index (χ1) is 6.49. The van der Waals surface area contributed by atoms with Gasteiger partial charge in [-0.25, -0.2) is 18.0 Å². The summed E-state index contributed by atoms with van der Waals surface area (Å²) in [5.41, 5.74) is -1.15. The number of benzene rings is 1. The van der Waals surface area contributed by atoms with Gasteiger partial charge in [0.05, 0.1) is 7.11 Å². The Morgan fingerprint density at radius 1 is 1.36 bits per heavy atom. The summed E-state index contributed by atoms with van der Waals surface area (Å²) in [4.78, 5) is 10.5. The second-order valence-corrected chi connectivity index (χ2v) is 2.37. The van der Waals surface area contributed by atoms with E-state index in [1.807, 2.05) is 0 Å². The summed E-state index contributed by atoms with van der Waals surface area (Å²) in [7, 11) is 0.961. The van der Waals surface area contributed by atoms with Gasteiger partial charge in [-0.05, 0) is 0 Å². The fraction of sp³-hybridized carbons (Fsp3) is 0.125. The molecule has 0 aliphatic rings. The Bertz CT molecular complexity index is 390. The molecule has 6 heteroatoms. The van der Waals surface area contributed by atoms with E-state index in [4.69, 9.17) is 5.11 Å². The van der Waals surface area contributed by atoms with Gasteiger partial charge in [0.15, 0.2) is 23.2 Å². The third-order valence-electron chi connectivity index (χ3n) is 1.54.